The standard InChI is InChI=1S/C24H19NO5/c26-22-20(15-16-7-3-1-4-8-16)30-24(28)21(22)23(27)25-17-11-13-19(14-12-17)29-18-9-5-2-6-10-18/h1-14,20-21H,15H2,(H,25,27). The van der Waals surface area contributed by atoms with Gasteiger partial charge in [-0.2, -0.15) is 0 Å². The number of amides is 1. The van der Waals surface area contributed by atoms with E-state index in [0.29, 0.717) is 17.2 Å². The van der Waals surface area contributed by atoms with Gasteiger partial charge in [-0.1, -0.05) is 48.5 Å². The first-order chi connectivity index (χ1) is 14.6. The lowest BCUT2D eigenvalue weighted by molar-refractivity contribution is -0.146. The third-order valence-corrected chi connectivity index (χ3v) is 4.72. The number of Topliss-reactive ketones (excluding diaryl/α,β-unsaturated/α-hetero) is 1. The molecule has 0 radical (unpaired) electrons. The van der Waals surface area contributed by atoms with Crippen LogP contribution in [-0.4, -0.2) is 23.8 Å². The summed E-state index contributed by atoms with van der Waals surface area (Å²) in [4.78, 5) is 37.3. The maximum atomic E-state index is 12.6. The number of benzene rings is 3. The summed E-state index contributed by atoms with van der Waals surface area (Å²) >= 11 is 0. The first-order valence-corrected chi connectivity index (χ1v) is 9.52. The van der Waals surface area contributed by atoms with E-state index in [0.717, 1.165) is 5.56 Å². The lowest BCUT2D eigenvalue weighted by atomic mass is 9.98. The predicted molar refractivity (Wildman–Crippen MR) is 110 cm³/mol. The Morgan fingerprint density at radius 3 is 2.10 bits per heavy atom. The number of hydrogen-bond donors (Lipinski definition) is 1. The van der Waals surface area contributed by atoms with Gasteiger partial charge in [0.15, 0.2) is 17.8 Å². The van der Waals surface area contributed by atoms with Crippen LogP contribution in [0.15, 0.2) is 84.9 Å². The summed E-state index contributed by atoms with van der Waals surface area (Å²) < 4.78 is 10.9. The van der Waals surface area contributed by atoms with Gasteiger partial charge in [-0.3, -0.25) is 14.4 Å². The van der Waals surface area contributed by atoms with Gasteiger partial charge in [0.05, 0.1) is 0 Å². The molecule has 1 aliphatic rings. The fourth-order valence-corrected chi connectivity index (χ4v) is 3.22. The average molecular weight is 401 g/mol. The van der Waals surface area contributed by atoms with Crippen molar-refractivity contribution < 1.29 is 23.9 Å². The molecule has 1 heterocycles. The molecule has 6 heteroatoms. The Bertz CT molecular complexity index is 1050. The van der Waals surface area contributed by atoms with E-state index in [4.69, 9.17) is 9.47 Å². The minimum absolute atomic E-state index is 0.251. The summed E-state index contributed by atoms with van der Waals surface area (Å²) in [5.41, 5.74) is 1.31. The number of cyclic esters (lactones) is 1. The highest BCUT2D eigenvalue weighted by Gasteiger charge is 2.47. The van der Waals surface area contributed by atoms with Crippen molar-refractivity contribution in [3.63, 3.8) is 0 Å². The van der Waals surface area contributed by atoms with Crippen LogP contribution in [0.1, 0.15) is 5.56 Å². The normalized spacial score (nSPS) is 18.0. The number of hydrogen-bond acceptors (Lipinski definition) is 5. The summed E-state index contributed by atoms with van der Waals surface area (Å²) in [5, 5.41) is 2.60. The lowest BCUT2D eigenvalue weighted by Gasteiger charge is -2.09. The number of para-hydroxylation sites is 1. The van der Waals surface area contributed by atoms with Gasteiger partial charge < -0.3 is 14.8 Å². The molecular formula is C24H19NO5. The highest BCUT2D eigenvalue weighted by molar-refractivity contribution is 6.24. The van der Waals surface area contributed by atoms with E-state index in [1.165, 1.54) is 0 Å². The molecule has 1 aliphatic heterocycles. The zero-order valence-electron chi connectivity index (χ0n) is 16.0. The third kappa shape index (κ3) is 4.38. The Morgan fingerprint density at radius 2 is 1.43 bits per heavy atom. The van der Waals surface area contributed by atoms with Crippen LogP contribution in [-0.2, 0) is 25.5 Å². The van der Waals surface area contributed by atoms with Crippen molar-refractivity contribution in [3.8, 4) is 11.5 Å². The van der Waals surface area contributed by atoms with Crippen molar-refractivity contribution in [3.05, 3.63) is 90.5 Å². The molecule has 0 spiro atoms. The molecular weight excluding hydrogens is 382 g/mol. The summed E-state index contributed by atoms with van der Waals surface area (Å²) in [7, 11) is 0. The Kier molecular flexibility index (Phi) is 5.57. The van der Waals surface area contributed by atoms with Crippen LogP contribution < -0.4 is 10.1 Å². The molecule has 3 aromatic rings. The number of carbonyl (C=O) groups excluding carboxylic acids is 3. The zero-order chi connectivity index (χ0) is 20.9. The second-order valence-corrected chi connectivity index (χ2v) is 6.88. The molecule has 0 aliphatic carbocycles. The highest BCUT2D eigenvalue weighted by Crippen LogP contribution is 2.25. The summed E-state index contributed by atoms with van der Waals surface area (Å²) in [6, 6.07) is 25.2. The SMILES string of the molecule is O=C(Nc1ccc(Oc2ccccc2)cc1)C1C(=O)OC(Cc2ccccc2)C1=O. The van der Waals surface area contributed by atoms with Crippen molar-refractivity contribution in [1.29, 1.82) is 0 Å². The first-order valence-electron chi connectivity index (χ1n) is 9.52. The number of anilines is 1. The van der Waals surface area contributed by atoms with Crippen molar-refractivity contribution >= 4 is 23.3 Å². The molecule has 2 atom stereocenters. The second-order valence-electron chi connectivity index (χ2n) is 6.88. The van der Waals surface area contributed by atoms with Crippen LogP contribution in [0.5, 0.6) is 11.5 Å². The molecule has 3 aromatic carbocycles. The maximum absolute atomic E-state index is 12.6. The van der Waals surface area contributed by atoms with E-state index < -0.39 is 29.7 Å². The number of ether oxygens (including phenoxy) is 2. The molecule has 4 rings (SSSR count). The lowest BCUT2D eigenvalue weighted by Crippen LogP contribution is -2.33. The molecule has 6 nitrogen and oxygen atoms in total. The molecule has 0 bridgehead atoms. The smallest absolute Gasteiger partial charge is 0.327 e. The van der Waals surface area contributed by atoms with E-state index >= 15 is 0 Å². The second kappa shape index (κ2) is 8.61. The molecule has 1 saturated heterocycles. The quantitative estimate of drug-likeness (QED) is 0.502. The number of esters is 1. The molecule has 0 saturated carbocycles. The van der Waals surface area contributed by atoms with E-state index in [9.17, 15) is 14.4 Å². The minimum atomic E-state index is -1.46. The van der Waals surface area contributed by atoms with E-state index in [2.05, 4.69) is 5.32 Å². The van der Waals surface area contributed by atoms with Crippen molar-refractivity contribution in [2.24, 2.45) is 5.92 Å². The zero-order valence-corrected chi connectivity index (χ0v) is 16.0. The summed E-state index contributed by atoms with van der Waals surface area (Å²) in [6.45, 7) is 0. The van der Waals surface area contributed by atoms with Crippen molar-refractivity contribution in [1.82, 2.24) is 0 Å². The van der Waals surface area contributed by atoms with Crippen LogP contribution in [0.2, 0.25) is 0 Å². The van der Waals surface area contributed by atoms with Crippen LogP contribution in [0.25, 0.3) is 0 Å². The van der Waals surface area contributed by atoms with Gasteiger partial charge in [0.25, 0.3) is 0 Å². The fraction of sp³-hybridized carbons (Fsp3) is 0.125. The molecule has 2 unspecified atom stereocenters. The van der Waals surface area contributed by atoms with Gasteiger partial charge in [0.2, 0.25) is 5.91 Å². The average Bonchev–Trinajstić information content (AvgIpc) is 3.04. The number of rotatable bonds is 6. The number of ketones is 1. The molecule has 1 amide bonds. The molecule has 1 N–H and O–H groups in total. The van der Waals surface area contributed by atoms with Crippen LogP contribution in [0, 0.1) is 5.92 Å². The van der Waals surface area contributed by atoms with E-state index in [-0.39, 0.29) is 6.42 Å². The maximum Gasteiger partial charge on any atom is 0.327 e. The topological polar surface area (TPSA) is 81.7 Å². The number of nitrogens with one attached hydrogen (secondary N) is 1. The van der Waals surface area contributed by atoms with Gasteiger partial charge in [-0.15, -0.1) is 0 Å². The molecule has 0 aromatic heterocycles. The highest BCUT2D eigenvalue weighted by atomic mass is 16.6. The molecule has 150 valence electrons. The first kappa shape index (κ1) is 19.4. The van der Waals surface area contributed by atoms with Gasteiger partial charge in [0.1, 0.15) is 11.5 Å². The molecule has 30 heavy (non-hydrogen) atoms. The summed E-state index contributed by atoms with van der Waals surface area (Å²) in [6.07, 6.45) is -0.696. The monoisotopic (exact) mass is 401 g/mol. The van der Waals surface area contributed by atoms with Crippen molar-refractivity contribution in [2.45, 2.75) is 12.5 Å². The fourth-order valence-electron chi connectivity index (χ4n) is 3.22. The number of carbonyl (C=O) groups is 3. The largest absolute Gasteiger partial charge is 0.457 e. The van der Waals surface area contributed by atoms with Gasteiger partial charge >= 0.3 is 5.97 Å². The van der Waals surface area contributed by atoms with Crippen LogP contribution >= 0.6 is 0 Å². The van der Waals surface area contributed by atoms with Gasteiger partial charge in [0, 0.05) is 12.1 Å². The molecule has 1 fully saturated rings. The minimum Gasteiger partial charge on any atom is -0.457 e. The summed E-state index contributed by atoms with van der Waals surface area (Å²) in [5.74, 6) is -2.21. The van der Waals surface area contributed by atoms with E-state index in [1.807, 2.05) is 60.7 Å². The Morgan fingerprint density at radius 1 is 0.833 bits per heavy atom. The Hall–Kier alpha value is -3.93. The Labute approximate surface area is 173 Å². The van der Waals surface area contributed by atoms with Crippen LogP contribution in [0.4, 0.5) is 5.69 Å². The van der Waals surface area contributed by atoms with Gasteiger partial charge in [-0.05, 0) is 42.0 Å². The van der Waals surface area contributed by atoms with Crippen LogP contribution in [0.3, 0.4) is 0 Å². The third-order valence-electron chi connectivity index (χ3n) is 4.72. The predicted octanol–water partition coefficient (Wildman–Crippen LogP) is 3.77. The van der Waals surface area contributed by atoms with E-state index in [1.54, 1.807) is 24.3 Å². The van der Waals surface area contributed by atoms with Gasteiger partial charge in [-0.25, -0.2) is 0 Å². The van der Waals surface area contributed by atoms with Crippen molar-refractivity contribution in [2.75, 3.05) is 5.32 Å². The Balaban J connectivity index is 1.38.